The van der Waals surface area contributed by atoms with Crippen molar-refractivity contribution in [3.63, 3.8) is 0 Å². The number of amides is 1. The average Bonchev–Trinajstić information content (AvgIpc) is 2.81. The highest BCUT2D eigenvalue weighted by molar-refractivity contribution is 7.09. The summed E-state index contributed by atoms with van der Waals surface area (Å²) in [4.78, 5) is 15.8. The number of aryl methyl sites for hydroxylation is 1. The lowest BCUT2D eigenvalue weighted by Gasteiger charge is -2.22. The van der Waals surface area contributed by atoms with E-state index in [1.165, 1.54) is 11.3 Å². The molecule has 0 radical (unpaired) electrons. The summed E-state index contributed by atoms with van der Waals surface area (Å²) in [5.41, 5.74) is 0.191. The van der Waals surface area contributed by atoms with Gasteiger partial charge in [0.1, 0.15) is 5.82 Å². The van der Waals surface area contributed by atoms with Gasteiger partial charge in [-0.05, 0) is 24.6 Å². The molecule has 0 unspecified atom stereocenters. The highest BCUT2D eigenvalue weighted by Crippen LogP contribution is 2.32. The Labute approximate surface area is 128 Å². The molecule has 2 aromatic rings. The van der Waals surface area contributed by atoms with Gasteiger partial charge in [0, 0.05) is 5.38 Å². The van der Waals surface area contributed by atoms with E-state index in [2.05, 4.69) is 4.98 Å². The second kappa shape index (κ2) is 6.43. The first-order valence-corrected chi connectivity index (χ1v) is 7.16. The number of rotatable bonds is 4. The molecule has 1 aromatic carbocycles. The standard InChI is InChI=1S/C14H12F4N2OS/c1-8-19-11(7-22-8)6-12(21)20-13(14(16,17)18)9-2-4-10(15)5-3-9/h2-5,7,13H,6H2,1H3,(H,20,21)/t13-/m0/s1. The Morgan fingerprint density at radius 1 is 1.32 bits per heavy atom. The van der Waals surface area contributed by atoms with E-state index in [1.54, 1.807) is 12.3 Å². The molecular formula is C14H12F4N2OS. The molecule has 8 heteroatoms. The zero-order valence-electron chi connectivity index (χ0n) is 11.4. The molecule has 0 spiro atoms. The fourth-order valence-corrected chi connectivity index (χ4v) is 2.49. The number of nitrogens with one attached hydrogen (secondary N) is 1. The summed E-state index contributed by atoms with van der Waals surface area (Å²) >= 11 is 1.31. The van der Waals surface area contributed by atoms with Crippen LogP contribution in [0.4, 0.5) is 17.6 Å². The van der Waals surface area contributed by atoms with Crippen molar-refractivity contribution in [1.82, 2.24) is 10.3 Å². The van der Waals surface area contributed by atoms with Crippen LogP contribution in [0.15, 0.2) is 29.6 Å². The number of hydrogen-bond acceptors (Lipinski definition) is 3. The lowest BCUT2D eigenvalue weighted by Crippen LogP contribution is -2.38. The molecule has 0 bridgehead atoms. The molecule has 1 heterocycles. The van der Waals surface area contributed by atoms with Gasteiger partial charge in [-0.1, -0.05) is 12.1 Å². The highest BCUT2D eigenvalue weighted by Gasteiger charge is 2.41. The molecule has 22 heavy (non-hydrogen) atoms. The predicted molar refractivity (Wildman–Crippen MR) is 73.9 cm³/mol. The van der Waals surface area contributed by atoms with Gasteiger partial charge < -0.3 is 5.32 Å². The minimum absolute atomic E-state index is 0.225. The Morgan fingerprint density at radius 3 is 2.45 bits per heavy atom. The number of nitrogens with zero attached hydrogens (tertiary/aromatic N) is 1. The van der Waals surface area contributed by atoms with Gasteiger partial charge in [-0.2, -0.15) is 13.2 Å². The number of aromatic nitrogens is 1. The second-order valence-corrected chi connectivity index (χ2v) is 5.69. The first kappa shape index (κ1) is 16.4. The number of carbonyl (C=O) groups is 1. The number of alkyl halides is 3. The molecule has 0 saturated carbocycles. The minimum atomic E-state index is -4.68. The van der Waals surface area contributed by atoms with Gasteiger partial charge >= 0.3 is 6.18 Å². The van der Waals surface area contributed by atoms with Gasteiger partial charge in [0.2, 0.25) is 5.91 Å². The Hall–Kier alpha value is -1.96. The molecule has 118 valence electrons. The predicted octanol–water partition coefficient (Wildman–Crippen LogP) is 3.55. The van der Waals surface area contributed by atoms with Crippen molar-refractivity contribution in [3.8, 4) is 0 Å². The molecule has 3 nitrogen and oxygen atoms in total. The number of hydrogen-bond donors (Lipinski definition) is 1. The zero-order valence-corrected chi connectivity index (χ0v) is 12.3. The number of thiazole rings is 1. The Bertz CT molecular complexity index is 652. The van der Waals surface area contributed by atoms with Crippen LogP contribution in [-0.4, -0.2) is 17.1 Å². The van der Waals surface area contributed by atoms with Crippen LogP contribution in [0.25, 0.3) is 0 Å². The van der Waals surface area contributed by atoms with Gasteiger partial charge in [-0.15, -0.1) is 11.3 Å². The maximum Gasteiger partial charge on any atom is 0.412 e. The quantitative estimate of drug-likeness (QED) is 0.870. The van der Waals surface area contributed by atoms with Crippen molar-refractivity contribution in [2.45, 2.75) is 25.6 Å². The molecule has 1 N–H and O–H groups in total. The van der Waals surface area contributed by atoms with Crippen LogP contribution in [0.1, 0.15) is 22.3 Å². The molecule has 0 aliphatic rings. The first-order chi connectivity index (χ1) is 10.3. The van der Waals surface area contributed by atoms with Crippen LogP contribution >= 0.6 is 11.3 Å². The third kappa shape index (κ3) is 4.27. The van der Waals surface area contributed by atoms with Crippen molar-refractivity contribution in [3.05, 3.63) is 51.7 Å². The van der Waals surface area contributed by atoms with Crippen LogP contribution in [-0.2, 0) is 11.2 Å². The SMILES string of the molecule is Cc1nc(CC(=O)N[C@@H](c2ccc(F)cc2)C(F)(F)F)cs1. The minimum Gasteiger partial charge on any atom is -0.340 e. The fraction of sp³-hybridized carbons (Fsp3) is 0.286. The van der Waals surface area contributed by atoms with Gasteiger partial charge in [0.05, 0.1) is 17.1 Å². The molecular weight excluding hydrogens is 320 g/mol. The molecule has 0 fully saturated rings. The Kier molecular flexibility index (Phi) is 4.80. The molecule has 1 aromatic heterocycles. The Morgan fingerprint density at radius 2 is 1.95 bits per heavy atom. The maximum absolute atomic E-state index is 13.1. The van der Waals surface area contributed by atoms with Gasteiger partial charge in [0.25, 0.3) is 0 Å². The second-order valence-electron chi connectivity index (χ2n) is 4.63. The Balaban J connectivity index is 2.13. The summed E-state index contributed by atoms with van der Waals surface area (Å²) in [7, 11) is 0. The lowest BCUT2D eigenvalue weighted by atomic mass is 10.1. The third-order valence-corrected chi connectivity index (χ3v) is 3.67. The number of benzene rings is 1. The summed E-state index contributed by atoms with van der Waals surface area (Å²) in [5.74, 6) is -1.44. The molecule has 1 amide bonds. The molecule has 1 atom stereocenters. The van der Waals surface area contributed by atoms with Gasteiger partial charge in [-0.3, -0.25) is 4.79 Å². The van der Waals surface area contributed by atoms with Gasteiger partial charge in [0.15, 0.2) is 6.04 Å². The van der Waals surface area contributed by atoms with Crippen LogP contribution in [0, 0.1) is 12.7 Å². The first-order valence-electron chi connectivity index (χ1n) is 6.28. The lowest BCUT2D eigenvalue weighted by molar-refractivity contribution is -0.163. The van der Waals surface area contributed by atoms with Crippen molar-refractivity contribution >= 4 is 17.2 Å². The molecule has 2 rings (SSSR count). The summed E-state index contributed by atoms with van der Waals surface area (Å²) in [5, 5.41) is 4.28. The smallest absolute Gasteiger partial charge is 0.340 e. The van der Waals surface area contributed by atoms with Gasteiger partial charge in [-0.25, -0.2) is 9.37 Å². The van der Waals surface area contributed by atoms with Crippen LogP contribution in [0.2, 0.25) is 0 Å². The highest BCUT2D eigenvalue weighted by atomic mass is 32.1. The van der Waals surface area contributed by atoms with E-state index in [9.17, 15) is 22.4 Å². The molecule has 0 aliphatic carbocycles. The van der Waals surface area contributed by atoms with E-state index in [-0.39, 0.29) is 12.0 Å². The summed E-state index contributed by atoms with van der Waals surface area (Å²) in [6, 6.07) is 1.66. The van der Waals surface area contributed by atoms with Crippen molar-refractivity contribution in [1.29, 1.82) is 0 Å². The van der Waals surface area contributed by atoms with Crippen LogP contribution in [0.5, 0.6) is 0 Å². The van der Waals surface area contributed by atoms with E-state index in [0.717, 1.165) is 29.3 Å². The van der Waals surface area contributed by atoms with E-state index in [0.29, 0.717) is 5.69 Å². The molecule has 0 aliphatic heterocycles. The van der Waals surface area contributed by atoms with Crippen molar-refractivity contribution in [2.75, 3.05) is 0 Å². The van der Waals surface area contributed by atoms with E-state index in [1.807, 2.05) is 5.32 Å². The normalized spacial score (nSPS) is 13.0. The maximum atomic E-state index is 13.1. The van der Waals surface area contributed by atoms with E-state index < -0.39 is 23.9 Å². The fourth-order valence-electron chi connectivity index (χ4n) is 1.88. The summed E-state index contributed by atoms with van der Waals surface area (Å²) < 4.78 is 52.1. The van der Waals surface area contributed by atoms with Crippen LogP contribution < -0.4 is 5.32 Å². The zero-order chi connectivity index (χ0) is 16.3. The van der Waals surface area contributed by atoms with E-state index in [4.69, 9.17) is 0 Å². The number of halogens is 4. The van der Waals surface area contributed by atoms with Crippen LogP contribution in [0.3, 0.4) is 0 Å². The summed E-state index contributed by atoms with van der Waals surface area (Å²) in [6.45, 7) is 1.74. The topological polar surface area (TPSA) is 42.0 Å². The van der Waals surface area contributed by atoms with Crippen molar-refractivity contribution < 1.29 is 22.4 Å². The van der Waals surface area contributed by atoms with Crippen molar-refractivity contribution in [2.24, 2.45) is 0 Å². The monoisotopic (exact) mass is 332 g/mol. The summed E-state index contributed by atoms with van der Waals surface area (Å²) in [6.07, 6.45) is -4.91. The number of carbonyl (C=O) groups excluding carboxylic acids is 1. The van der Waals surface area contributed by atoms with E-state index >= 15 is 0 Å². The average molecular weight is 332 g/mol. The third-order valence-electron chi connectivity index (χ3n) is 2.84. The largest absolute Gasteiger partial charge is 0.412 e. The molecule has 0 saturated heterocycles.